The minimum absolute atomic E-state index is 0. The minimum Gasteiger partial charge on any atom is -0.448 e. The van der Waals surface area contributed by atoms with Gasteiger partial charge >= 0.3 is 58.4 Å². The third-order valence-electron chi connectivity index (χ3n) is 2.13. The minimum atomic E-state index is -4.62. The summed E-state index contributed by atoms with van der Waals surface area (Å²) in [5.74, 6) is 0. The Hall–Kier alpha value is 1.45. The molecule has 1 saturated heterocycles. The molecule has 0 spiro atoms. The van der Waals surface area contributed by atoms with Crippen molar-refractivity contribution >= 4 is 6.98 Å². The predicted molar refractivity (Wildman–Crippen MR) is 39.3 cm³/mol. The van der Waals surface area contributed by atoms with Gasteiger partial charge in [-0.3, -0.25) is 0 Å². The summed E-state index contributed by atoms with van der Waals surface area (Å²) < 4.78 is 35.7. The van der Waals surface area contributed by atoms with Crippen molar-refractivity contribution < 1.29 is 64.3 Å². The summed E-state index contributed by atoms with van der Waals surface area (Å²) in [7, 11) is 0. The van der Waals surface area contributed by atoms with Crippen molar-refractivity contribution in [2.75, 3.05) is 13.0 Å². The predicted octanol–water partition coefficient (Wildman–Crippen LogP) is -1.14. The van der Waals surface area contributed by atoms with Crippen LogP contribution in [0.15, 0.2) is 0 Å². The van der Waals surface area contributed by atoms with Gasteiger partial charge in [0, 0.05) is 6.04 Å². The Kier molecular flexibility index (Phi) is 6.01. The van der Waals surface area contributed by atoms with E-state index in [1.165, 1.54) is 4.90 Å². The van der Waals surface area contributed by atoms with Gasteiger partial charge in [0.15, 0.2) is 0 Å². The summed E-state index contributed by atoms with van der Waals surface area (Å²) in [6, 6.07) is 0.124. The molecule has 0 N–H and O–H groups in total. The molecule has 0 saturated carbocycles. The normalized spacial score (nSPS) is 25.5. The van der Waals surface area contributed by atoms with E-state index in [-0.39, 0.29) is 57.4 Å². The van der Waals surface area contributed by atoms with Crippen molar-refractivity contribution in [1.29, 1.82) is 0 Å². The molecular formula is C6H12BF3KN. The van der Waals surface area contributed by atoms with Gasteiger partial charge in [0.05, 0.1) is 0 Å². The topological polar surface area (TPSA) is 3.24 Å². The fraction of sp³-hybridized carbons (Fsp3) is 1.00. The quantitative estimate of drug-likeness (QED) is 0.515. The first kappa shape index (κ1) is 13.5. The molecule has 1 fully saturated rings. The van der Waals surface area contributed by atoms with Crippen molar-refractivity contribution in [3.05, 3.63) is 0 Å². The molecule has 0 bridgehead atoms. The van der Waals surface area contributed by atoms with Crippen molar-refractivity contribution in [2.24, 2.45) is 0 Å². The molecule has 12 heavy (non-hydrogen) atoms. The zero-order chi connectivity index (χ0) is 8.48. The van der Waals surface area contributed by atoms with Crippen molar-refractivity contribution in [3.63, 3.8) is 0 Å². The Morgan fingerprint density at radius 3 is 2.33 bits per heavy atom. The van der Waals surface area contributed by atoms with Crippen molar-refractivity contribution in [2.45, 2.75) is 25.8 Å². The second-order valence-electron chi connectivity index (χ2n) is 3.20. The molecule has 66 valence electrons. The summed E-state index contributed by atoms with van der Waals surface area (Å²) in [6.07, 6.45) is 1.14. The molecule has 1 rings (SSSR count). The second-order valence-corrected chi connectivity index (χ2v) is 3.20. The van der Waals surface area contributed by atoms with Crippen LogP contribution in [0.3, 0.4) is 0 Å². The van der Waals surface area contributed by atoms with Crippen LogP contribution in [0.1, 0.15) is 19.8 Å². The molecule has 1 aliphatic heterocycles. The maximum absolute atomic E-state index is 11.9. The molecule has 0 radical (unpaired) electrons. The molecule has 1 heterocycles. The van der Waals surface area contributed by atoms with E-state index in [2.05, 4.69) is 0 Å². The summed E-state index contributed by atoms with van der Waals surface area (Å²) in [5, 5.41) is 0. The Morgan fingerprint density at radius 2 is 2.00 bits per heavy atom. The Balaban J connectivity index is 0.00000121. The molecule has 0 aromatic rings. The second kappa shape index (κ2) is 5.36. The average molecular weight is 205 g/mol. The van der Waals surface area contributed by atoms with Gasteiger partial charge in [-0.15, -0.1) is 0 Å². The van der Waals surface area contributed by atoms with Crippen molar-refractivity contribution in [1.82, 2.24) is 4.90 Å². The largest absolute Gasteiger partial charge is 1.00 e. The molecule has 1 unspecified atom stereocenters. The van der Waals surface area contributed by atoms with E-state index in [4.69, 9.17) is 0 Å². The van der Waals surface area contributed by atoms with Gasteiger partial charge in [-0.05, 0) is 32.8 Å². The molecule has 0 aromatic carbocycles. The smallest absolute Gasteiger partial charge is 0.448 e. The number of likely N-dealkylation sites (tertiary alicyclic amines) is 1. The number of hydrogen-bond acceptors (Lipinski definition) is 1. The van der Waals surface area contributed by atoms with Gasteiger partial charge < -0.3 is 17.8 Å². The van der Waals surface area contributed by atoms with Crippen LogP contribution in [0.4, 0.5) is 12.9 Å². The molecule has 1 nitrogen and oxygen atoms in total. The molecule has 0 aromatic heterocycles. The first-order chi connectivity index (χ1) is 4.99. The third kappa shape index (κ3) is 4.62. The Morgan fingerprint density at radius 1 is 1.42 bits per heavy atom. The molecule has 1 aliphatic rings. The Labute approximate surface area is 114 Å². The first-order valence-corrected chi connectivity index (χ1v) is 3.94. The summed E-state index contributed by atoms with van der Waals surface area (Å²) in [4.78, 5) is 1.51. The van der Waals surface area contributed by atoms with Gasteiger partial charge in [0.2, 0.25) is 0 Å². The first-order valence-electron chi connectivity index (χ1n) is 3.94. The number of nitrogens with zero attached hydrogens (tertiary/aromatic N) is 1. The summed E-state index contributed by atoms with van der Waals surface area (Å²) >= 11 is 0. The van der Waals surface area contributed by atoms with Crippen LogP contribution in [0.2, 0.25) is 0 Å². The van der Waals surface area contributed by atoms with Crippen LogP contribution in [0.5, 0.6) is 0 Å². The zero-order valence-electron chi connectivity index (χ0n) is 7.56. The monoisotopic (exact) mass is 205 g/mol. The summed E-state index contributed by atoms with van der Waals surface area (Å²) in [5.41, 5.74) is 0. The van der Waals surface area contributed by atoms with E-state index in [9.17, 15) is 12.9 Å². The van der Waals surface area contributed by atoms with Gasteiger partial charge in [-0.2, -0.15) is 0 Å². The van der Waals surface area contributed by atoms with Gasteiger partial charge in [0.1, 0.15) is 0 Å². The number of rotatable bonds is 2. The van der Waals surface area contributed by atoms with Crippen LogP contribution in [0, 0.1) is 0 Å². The Bertz CT molecular complexity index is 141. The standard InChI is InChI=1S/C6H12BF3N.K/c1-6-3-2-4-11(6)5-7(8,9)10;/h6H,2-5H2,1H3;/q-1;+1. The van der Waals surface area contributed by atoms with Crippen LogP contribution in [0.25, 0.3) is 0 Å². The average Bonchev–Trinajstić information content (AvgIpc) is 2.12. The van der Waals surface area contributed by atoms with Crippen LogP contribution in [-0.2, 0) is 0 Å². The zero-order valence-corrected chi connectivity index (χ0v) is 10.7. The molecular weight excluding hydrogens is 193 g/mol. The van der Waals surface area contributed by atoms with Crippen LogP contribution >= 0.6 is 0 Å². The van der Waals surface area contributed by atoms with Crippen LogP contribution in [-0.4, -0.2) is 30.9 Å². The summed E-state index contributed by atoms with van der Waals surface area (Å²) in [6.45, 7) is -2.15. The third-order valence-corrected chi connectivity index (χ3v) is 2.13. The maximum atomic E-state index is 11.9. The molecule has 0 amide bonds. The molecule has 0 aliphatic carbocycles. The van der Waals surface area contributed by atoms with E-state index in [1.54, 1.807) is 0 Å². The number of halogens is 3. The molecule has 6 heteroatoms. The van der Waals surface area contributed by atoms with E-state index in [1.807, 2.05) is 6.92 Å². The van der Waals surface area contributed by atoms with Crippen molar-refractivity contribution in [3.8, 4) is 0 Å². The fourth-order valence-electron chi connectivity index (χ4n) is 1.53. The SMILES string of the molecule is CC1CCCN1C[B-](F)(F)F.[K+]. The van der Waals surface area contributed by atoms with E-state index < -0.39 is 13.4 Å². The van der Waals surface area contributed by atoms with Gasteiger partial charge in [-0.25, -0.2) is 0 Å². The van der Waals surface area contributed by atoms with Crippen LogP contribution < -0.4 is 51.4 Å². The fourth-order valence-corrected chi connectivity index (χ4v) is 1.53. The van der Waals surface area contributed by atoms with Gasteiger partial charge in [0.25, 0.3) is 0 Å². The van der Waals surface area contributed by atoms with E-state index in [0.29, 0.717) is 6.54 Å². The van der Waals surface area contributed by atoms with E-state index >= 15 is 0 Å². The molecule has 1 atom stereocenters. The van der Waals surface area contributed by atoms with Gasteiger partial charge in [-0.1, -0.05) is 0 Å². The number of hydrogen-bond donors (Lipinski definition) is 0. The van der Waals surface area contributed by atoms with E-state index in [0.717, 1.165) is 12.8 Å². The maximum Gasteiger partial charge on any atom is 1.00 e.